The summed E-state index contributed by atoms with van der Waals surface area (Å²) in [7, 11) is 0. The van der Waals surface area contributed by atoms with Crippen LogP contribution in [0.25, 0.3) is 0 Å². The Morgan fingerprint density at radius 3 is 2.57 bits per heavy atom. The van der Waals surface area contributed by atoms with E-state index < -0.39 is 17.9 Å². The average Bonchev–Trinajstić information content (AvgIpc) is 2.67. The summed E-state index contributed by atoms with van der Waals surface area (Å²) >= 11 is 0. The zero-order valence-corrected chi connectivity index (χ0v) is 16.0. The first kappa shape index (κ1) is 19.7. The number of benzene rings is 1. The van der Waals surface area contributed by atoms with E-state index in [-0.39, 0.29) is 30.4 Å². The first-order valence-corrected chi connectivity index (χ1v) is 9.45. The van der Waals surface area contributed by atoms with E-state index in [0.717, 1.165) is 12.1 Å². The lowest BCUT2D eigenvalue weighted by Crippen LogP contribution is -2.38. The molecule has 1 aromatic rings. The number of nitrogens with one attached hydrogen (secondary N) is 1. The number of nitrogens with two attached hydrogens (primary N) is 1. The van der Waals surface area contributed by atoms with Crippen molar-refractivity contribution in [1.82, 2.24) is 5.32 Å². The largest absolute Gasteiger partial charge is 0.463 e. The maximum atomic E-state index is 12.8. The summed E-state index contributed by atoms with van der Waals surface area (Å²) in [5.41, 5.74) is 8.58. The van der Waals surface area contributed by atoms with Crippen molar-refractivity contribution < 1.29 is 23.9 Å². The molecule has 7 nitrogen and oxygen atoms in total. The number of rotatable bonds is 5. The van der Waals surface area contributed by atoms with E-state index >= 15 is 0 Å². The van der Waals surface area contributed by atoms with Crippen LogP contribution in [0.4, 0.5) is 0 Å². The zero-order valence-electron chi connectivity index (χ0n) is 16.0. The standard InChI is InChI=1S/C21H24N2O5/c1-3-27-20(25)13-8-5-7-12(11-13)16-17-14(9-6-10-15(17)24)23-19(22)18(16)21(26)28-4-2/h5,7-8,11,16,23H,3-4,6,9-10,22H2,1-2H3. The Labute approximate surface area is 163 Å². The molecule has 0 spiro atoms. The number of dihydropyridines is 1. The summed E-state index contributed by atoms with van der Waals surface area (Å²) in [4.78, 5) is 37.6. The van der Waals surface area contributed by atoms with Gasteiger partial charge in [0.05, 0.1) is 30.3 Å². The highest BCUT2D eigenvalue weighted by atomic mass is 16.5. The minimum atomic E-state index is -0.683. The lowest BCUT2D eigenvalue weighted by molar-refractivity contribution is -0.138. The van der Waals surface area contributed by atoms with Crippen molar-refractivity contribution in [3.63, 3.8) is 0 Å². The number of carbonyl (C=O) groups excluding carboxylic acids is 3. The van der Waals surface area contributed by atoms with Gasteiger partial charge in [-0.1, -0.05) is 12.1 Å². The van der Waals surface area contributed by atoms with Gasteiger partial charge in [-0.2, -0.15) is 0 Å². The number of esters is 2. The monoisotopic (exact) mass is 384 g/mol. The molecule has 1 aliphatic heterocycles. The predicted octanol–water partition coefficient (Wildman–Crippen LogP) is 2.29. The van der Waals surface area contributed by atoms with E-state index in [2.05, 4.69) is 5.32 Å². The Morgan fingerprint density at radius 2 is 1.86 bits per heavy atom. The Bertz CT molecular complexity index is 885. The SMILES string of the molecule is CCOC(=O)C1=C(N)NC2=C(C(=O)CCC2)C1c1cccc(C(=O)OCC)c1. The Balaban J connectivity index is 2.14. The van der Waals surface area contributed by atoms with E-state index in [9.17, 15) is 14.4 Å². The van der Waals surface area contributed by atoms with Gasteiger partial charge in [0.15, 0.2) is 5.78 Å². The van der Waals surface area contributed by atoms with Crippen molar-refractivity contribution in [2.75, 3.05) is 13.2 Å². The molecule has 1 aliphatic carbocycles. The first-order chi connectivity index (χ1) is 13.5. The fourth-order valence-corrected chi connectivity index (χ4v) is 3.69. The zero-order chi connectivity index (χ0) is 20.3. The van der Waals surface area contributed by atoms with Crippen LogP contribution in [0.5, 0.6) is 0 Å². The maximum absolute atomic E-state index is 12.8. The summed E-state index contributed by atoms with van der Waals surface area (Å²) in [6.45, 7) is 3.88. The molecule has 7 heteroatoms. The molecule has 0 saturated carbocycles. The molecular weight excluding hydrogens is 360 g/mol. The Kier molecular flexibility index (Phi) is 5.82. The maximum Gasteiger partial charge on any atom is 0.338 e. The molecule has 0 radical (unpaired) electrons. The molecule has 1 unspecified atom stereocenters. The van der Waals surface area contributed by atoms with E-state index in [1.807, 2.05) is 0 Å². The molecule has 148 valence electrons. The highest BCUT2D eigenvalue weighted by Gasteiger charge is 2.39. The number of ether oxygens (including phenoxy) is 2. The molecule has 0 fully saturated rings. The highest BCUT2D eigenvalue weighted by Crippen LogP contribution is 2.41. The van der Waals surface area contributed by atoms with Gasteiger partial charge in [0.25, 0.3) is 0 Å². The number of Topliss-reactive ketones (excluding diaryl/α,β-unsaturated/α-hetero) is 1. The Morgan fingerprint density at radius 1 is 1.14 bits per heavy atom. The molecule has 1 atom stereocenters. The number of ketones is 1. The summed E-state index contributed by atoms with van der Waals surface area (Å²) in [5.74, 6) is -1.58. The second kappa shape index (κ2) is 8.29. The number of hydrogen-bond acceptors (Lipinski definition) is 7. The van der Waals surface area contributed by atoms with Crippen LogP contribution in [-0.4, -0.2) is 30.9 Å². The summed E-state index contributed by atoms with van der Waals surface area (Å²) in [6, 6.07) is 6.76. The van der Waals surface area contributed by atoms with Crippen LogP contribution in [0.1, 0.15) is 54.9 Å². The van der Waals surface area contributed by atoms with Crippen LogP contribution in [0.2, 0.25) is 0 Å². The minimum Gasteiger partial charge on any atom is -0.463 e. The fraction of sp³-hybridized carbons (Fsp3) is 0.381. The van der Waals surface area contributed by atoms with Crippen LogP contribution >= 0.6 is 0 Å². The third kappa shape index (κ3) is 3.65. The van der Waals surface area contributed by atoms with Crippen LogP contribution in [0.3, 0.4) is 0 Å². The topological polar surface area (TPSA) is 108 Å². The van der Waals surface area contributed by atoms with Gasteiger partial charge in [0, 0.05) is 17.7 Å². The van der Waals surface area contributed by atoms with Crippen molar-refractivity contribution in [1.29, 1.82) is 0 Å². The fourth-order valence-electron chi connectivity index (χ4n) is 3.69. The van der Waals surface area contributed by atoms with Crippen LogP contribution < -0.4 is 11.1 Å². The van der Waals surface area contributed by atoms with Gasteiger partial charge in [0.1, 0.15) is 5.82 Å². The van der Waals surface area contributed by atoms with Crippen LogP contribution in [-0.2, 0) is 19.1 Å². The quantitative estimate of drug-likeness (QED) is 0.750. The van der Waals surface area contributed by atoms with E-state index in [0.29, 0.717) is 29.5 Å². The van der Waals surface area contributed by atoms with E-state index in [1.54, 1.807) is 38.1 Å². The van der Waals surface area contributed by atoms with Gasteiger partial charge in [-0.05, 0) is 44.4 Å². The molecular formula is C21H24N2O5. The van der Waals surface area contributed by atoms with E-state index in [4.69, 9.17) is 15.2 Å². The molecule has 0 bridgehead atoms. The van der Waals surface area contributed by atoms with Gasteiger partial charge < -0.3 is 20.5 Å². The van der Waals surface area contributed by atoms with Crippen molar-refractivity contribution in [2.45, 2.75) is 39.0 Å². The molecule has 28 heavy (non-hydrogen) atoms. The second-order valence-corrected chi connectivity index (χ2v) is 6.62. The normalized spacial score (nSPS) is 19.1. The number of carbonyl (C=O) groups is 3. The van der Waals surface area contributed by atoms with Crippen molar-refractivity contribution in [3.05, 3.63) is 58.1 Å². The van der Waals surface area contributed by atoms with Gasteiger partial charge in [-0.3, -0.25) is 4.79 Å². The second-order valence-electron chi connectivity index (χ2n) is 6.62. The summed E-state index contributed by atoms with van der Waals surface area (Å²) in [5, 5.41) is 3.02. The molecule has 3 N–H and O–H groups in total. The average molecular weight is 384 g/mol. The lowest BCUT2D eigenvalue weighted by atomic mass is 9.75. The third-order valence-electron chi connectivity index (χ3n) is 4.84. The van der Waals surface area contributed by atoms with Gasteiger partial charge in [-0.25, -0.2) is 9.59 Å². The molecule has 2 aliphatic rings. The lowest BCUT2D eigenvalue weighted by Gasteiger charge is -2.33. The smallest absolute Gasteiger partial charge is 0.338 e. The van der Waals surface area contributed by atoms with E-state index in [1.165, 1.54) is 0 Å². The molecule has 0 aromatic heterocycles. The number of allylic oxidation sites excluding steroid dienone is 2. The van der Waals surface area contributed by atoms with Crippen LogP contribution in [0.15, 0.2) is 46.9 Å². The minimum absolute atomic E-state index is 0.0328. The molecule has 0 saturated heterocycles. The Hall–Kier alpha value is -3.09. The highest BCUT2D eigenvalue weighted by molar-refractivity contribution is 6.04. The van der Waals surface area contributed by atoms with Crippen molar-refractivity contribution in [2.24, 2.45) is 5.73 Å². The summed E-state index contributed by atoms with van der Waals surface area (Å²) < 4.78 is 10.3. The number of hydrogen-bond donors (Lipinski definition) is 2. The van der Waals surface area contributed by atoms with Crippen molar-refractivity contribution >= 4 is 17.7 Å². The van der Waals surface area contributed by atoms with Gasteiger partial charge in [-0.15, -0.1) is 0 Å². The van der Waals surface area contributed by atoms with Crippen LogP contribution in [0, 0.1) is 0 Å². The third-order valence-corrected chi connectivity index (χ3v) is 4.84. The molecule has 1 heterocycles. The van der Waals surface area contributed by atoms with Gasteiger partial charge >= 0.3 is 11.9 Å². The molecule has 1 aromatic carbocycles. The summed E-state index contributed by atoms with van der Waals surface area (Å²) in [6.07, 6.45) is 1.80. The predicted molar refractivity (Wildman–Crippen MR) is 102 cm³/mol. The molecule has 0 amide bonds. The first-order valence-electron chi connectivity index (χ1n) is 9.45. The van der Waals surface area contributed by atoms with Crippen molar-refractivity contribution in [3.8, 4) is 0 Å². The van der Waals surface area contributed by atoms with Gasteiger partial charge in [0.2, 0.25) is 0 Å². The molecule has 3 rings (SSSR count).